The number of rotatable bonds is 1. The zero-order valence-corrected chi connectivity index (χ0v) is 7.53. The smallest absolute Gasteiger partial charge is 0.407 e. The molecule has 0 aromatic heterocycles. The predicted molar refractivity (Wildman–Crippen MR) is 46.2 cm³/mol. The molecule has 0 aliphatic carbocycles. The fourth-order valence-corrected chi connectivity index (χ4v) is 1.60. The van der Waals surface area contributed by atoms with Crippen molar-refractivity contribution in [1.29, 1.82) is 5.26 Å². The number of nitrogens with one attached hydrogen (secondary N) is 1. The van der Waals surface area contributed by atoms with Crippen LogP contribution in [0.4, 0.5) is 4.79 Å². The molecule has 0 bridgehead atoms. The second-order valence-electron chi connectivity index (χ2n) is 3.15. The number of hydrogen-bond donors (Lipinski definition) is 2. The molecule has 0 aromatic rings. The summed E-state index contributed by atoms with van der Waals surface area (Å²) >= 11 is 0. The summed E-state index contributed by atoms with van der Waals surface area (Å²) in [6, 6.07) is 1.86. The Morgan fingerprint density at radius 3 is 3.08 bits per heavy atom. The second kappa shape index (κ2) is 4.10. The topological polar surface area (TPSA) is 76.4 Å². The first kappa shape index (κ1) is 9.81. The minimum atomic E-state index is -0.936. The third kappa shape index (κ3) is 2.10. The highest BCUT2D eigenvalue weighted by atomic mass is 16.4. The van der Waals surface area contributed by atoms with Gasteiger partial charge in [-0.05, 0) is 6.92 Å². The molecule has 2 N–H and O–H groups in total. The number of piperazine rings is 1. The Kier molecular flexibility index (Phi) is 3.09. The minimum absolute atomic E-state index is 0.0597. The van der Waals surface area contributed by atoms with Gasteiger partial charge in [0.15, 0.2) is 0 Å². The van der Waals surface area contributed by atoms with Crippen molar-refractivity contribution >= 4 is 6.09 Å². The number of nitriles is 1. The van der Waals surface area contributed by atoms with Gasteiger partial charge in [0.25, 0.3) is 0 Å². The van der Waals surface area contributed by atoms with E-state index in [1.165, 1.54) is 4.90 Å². The first-order valence-corrected chi connectivity index (χ1v) is 4.26. The fourth-order valence-electron chi connectivity index (χ4n) is 1.60. The number of carbonyl (C=O) groups is 1. The predicted octanol–water partition coefficient (Wildman–Crippen LogP) is 0.240. The van der Waals surface area contributed by atoms with Gasteiger partial charge in [-0.2, -0.15) is 5.26 Å². The largest absolute Gasteiger partial charge is 0.465 e. The molecule has 1 fully saturated rings. The monoisotopic (exact) mass is 183 g/mol. The molecule has 0 radical (unpaired) electrons. The molecule has 2 atom stereocenters. The molecular formula is C8H13N3O2. The summed E-state index contributed by atoms with van der Waals surface area (Å²) in [6.07, 6.45) is -0.686. The van der Waals surface area contributed by atoms with E-state index >= 15 is 0 Å². The minimum Gasteiger partial charge on any atom is -0.465 e. The van der Waals surface area contributed by atoms with Crippen LogP contribution in [0.15, 0.2) is 0 Å². The summed E-state index contributed by atoms with van der Waals surface area (Å²) in [7, 11) is 0. The second-order valence-corrected chi connectivity index (χ2v) is 3.15. The molecule has 5 heteroatoms. The Hall–Kier alpha value is -1.28. The van der Waals surface area contributed by atoms with Crippen molar-refractivity contribution in [3.05, 3.63) is 0 Å². The van der Waals surface area contributed by atoms with Crippen LogP contribution in [-0.2, 0) is 0 Å². The van der Waals surface area contributed by atoms with E-state index in [1.54, 1.807) is 0 Å². The van der Waals surface area contributed by atoms with Crippen molar-refractivity contribution in [3.63, 3.8) is 0 Å². The number of hydrogen-bond acceptors (Lipinski definition) is 3. The van der Waals surface area contributed by atoms with E-state index in [4.69, 9.17) is 10.4 Å². The van der Waals surface area contributed by atoms with Crippen LogP contribution in [0.1, 0.15) is 13.3 Å². The van der Waals surface area contributed by atoms with Gasteiger partial charge in [-0.25, -0.2) is 4.79 Å². The van der Waals surface area contributed by atoms with Crippen molar-refractivity contribution in [2.45, 2.75) is 25.4 Å². The van der Waals surface area contributed by atoms with Gasteiger partial charge in [0.1, 0.15) is 0 Å². The SMILES string of the molecule is CC1NCCN(C(=O)O)C1CC#N. The first-order chi connectivity index (χ1) is 6.16. The lowest BCUT2D eigenvalue weighted by Crippen LogP contribution is -2.58. The highest BCUT2D eigenvalue weighted by Crippen LogP contribution is 2.12. The maximum atomic E-state index is 10.8. The van der Waals surface area contributed by atoms with E-state index in [0.717, 1.165) is 0 Å². The Morgan fingerprint density at radius 1 is 1.85 bits per heavy atom. The van der Waals surface area contributed by atoms with E-state index in [1.807, 2.05) is 13.0 Å². The standard InChI is InChI=1S/C8H13N3O2/c1-6-7(2-3-9)11(8(12)13)5-4-10-6/h6-7,10H,2,4-5H2,1H3,(H,12,13). The van der Waals surface area contributed by atoms with Gasteiger partial charge < -0.3 is 15.3 Å². The van der Waals surface area contributed by atoms with Crippen molar-refractivity contribution in [1.82, 2.24) is 10.2 Å². The van der Waals surface area contributed by atoms with Crippen LogP contribution in [-0.4, -0.2) is 41.3 Å². The first-order valence-electron chi connectivity index (χ1n) is 4.26. The van der Waals surface area contributed by atoms with Gasteiger partial charge >= 0.3 is 6.09 Å². The normalized spacial score (nSPS) is 28.2. The maximum absolute atomic E-state index is 10.8. The molecule has 1 rings (SSSR count). The van der Waals surface area contributed by atoms with Crippen LogP contribution < -0.4 is 5.32 Å². The molecule has 0 saturated carbocycles. The lowest BCUT2D eigenvalue weighted by atomic mass is 10.0. The third-order valence-corrected chi connectivity index (χ3v) is 2.34. The molecule has 72 valence electrons. The molecule has 1 aliphatic rings. The fraction of sp³-hybridized carbons (Fsp3) is 0.750. The molecule has 13 heavy (non-hydrogen) atoms. The summed E-state index contributed by atoms with van der Waals surface area (Å²) in [5.41, 5.74) is 0. The van der Waals surface area contributed by atoms with Crippen molar-refractivity contribution in [2.75, 3.05) is 13.1 Å². The third-order valence-electron chi connectivity index (χ3n) is 2.34. The molecule has 1 saturated heterocycles. The van der Waals surface area contributed by atoms with Crippen molar-refractivity contribution < 1.29 is 9.90 Å². The molecule has 1 aliphatic heterocycles. The Labute approximate surface area is 76.9 Å². The van der Waals surface area contributed by atoms with Crippen LogP contribution in [0.5, 0.6) is 0 Å². The highest BCUT2D eigenvalue weighted by Gasteiger charge is 2.30. The molecule has 0 aromatic carbocycles. The van der Waals surface area contributed by atoms with Gasteiger partial charge in [0.05, 0.1) is 18.5 Å². The summed E-state index contributed by atoms with van der Waals surface area (Å²) in [4.78, 5) is 12.1. The van der Waals surface area contributed by atoms with Crippen molar-refractivity contribution in [3.8, 4) is 6.07 Å². The maximum Gasteiger partial charge on any atom is 0.407 e. The lowest BCUT2D eigenvalue weighted by molar-refractivity contribution is 0.0981. The van der Waals surface area contributed by atoms with Crippen molar-refractivity contribution in [2.24, 2.45) is 0 Å². The summed E-state index contributed by atoms with van der Waals surface area (Å²) in [5.74, 6) is 0. The van der Waals surface area contributed by atoms with E-state index in [-0.39, 0.29) is 18.5 Å². The number of carboxylic acid groups (broad SMARTS) is 1. The van der Waals surface area contributed by atoms with Gasteiger partial charge in [0, 0.05) is 19.1 Å². The number of nitrogens with zero attached hydrogens (tertiary/aromatic N) is 2. The van der Waals surface area contributed by atoms with Crippen LogP contribution in [0.2, 0.25) is 0 Å². The molecule has 1 heterocycles. The summed E-state index contributed by atoms with van der Waals surface area (Å²) < 4.78 is 0. The van der Waals surface area contributed by atoms with E-state index in [2.05, 4.69) is 5.32 Å². The zero-order chi connectivity index (χ0) is 9.84. The average molecular weight is 183 g/mol. The molecular weight excluding hydrogens is 170 g/mol. The average Bonchev–Trinajstić information content (AvgIpc) is 2.08. The summed E-state index contributed by atoms with van der Waals surface area (Å²) in [6.45, 7) is 3.03. The Balaban J connectivity index is 2.69. The van der Waals surface area contributed by atoms with Crippen LogP contribution >= 0.6 is 0 Å². The Morgan fingerprint density at radius 2 is 2.54 bits per heavy atom. The van der Waals surface area contributed by atoms with E-state index < -0.39 is 6.09 Å². The molecule has 2 unspecified atom stereocenters. The van der Waals surface area contributed by atoms with E-state index in [9.17, 15) is 4.79 Å². The molecule has 0 spiro atoms. The van der Waals surface area contributed by atoms with Gasteiger partial charge in [-0.1, -0.05) is 0 Å². The highest BCUT2D eigenvalue weighted by molar-refractivity contribution is 5.65. The van der Waals surface area contributed by atoms with Gasteiger partial charge in [-0.3, -0.25) is 0 Å². The van der Waals surface area contributed by atoms with E-state index in [0.29, 0.717) is 13.1 Å². The van der Waals surface area contributed by atoms with Crippen LogP contribution in [0, 0.1) is 11.3 Å². The Bertz CT molecular complexity index is 236. The summed E-state index contributed by atoms with van der Waals surface area (Å²) in [5, 5.41) is 20.5. The molecule has 1 amide bonds. The number of amides is 1. The van der Waals surface area contributed by atoms with Gasteiger partial charge in [0.2, 0.25) is 0 Å². The van der Waals surface area contributed by atoms with Gasteiger partial charge in [-0.15, -0.1) is 0 Å². The lowest BCUT2D eigenvalue weighted by Gasteiger charge is -2.37. The van der Waals surface area contributed by atoms with Crippen LogP contribution in [0.3, 0.4) is 0 Å². The quantitative estimate of drug-likeness (QED) is 0.610. The zero-order valence-electron chi connectivity index (χ0n) is 7.53. The van der Waals surface area contributed by atoms with Crippen LogP contribution in [0.25, 0.3) is 0 Å². The molecule has 5 nitrogen and oxygen atoms in total.